The van der Waals surface area contributed by atoms with Gasteiger partial charge < -0.3 is 9.80 Å². The molecule has 2 rings (SSSR count). The fourth-order valence-corrected chi connectivity index (χ4v) is 3.10. The van der Waals surface area contributed by atoms with E-state index in [0.29, 0.717) is 5.92 Å². The second-order valence-electron chi connectivity index (χ2n) is 6.25. The summed E-state index contributed by atoms with van der Waals surface area (Å²) in [5, 5.41) is 0. The van der Waals surface area contributed by atoms with Gasteiger partial charge in [-0.1, -0.05) is 19.3 Å². The van der Waals surface area contributed by atoms with E-state index in [1.807, 2.05) is 36.2 Å². The number of benzene rings is 1. The molecule has 1 aromatic carbocycles. The highest BCUT2D eigenvalue weighted by atomic mass is 16.2. The number of hydrogen-bond acceptors (Lipinski definition) is 2. The van der Waals surface area contributed by atoms with Crippen LogP contribution in [-0.4, -0.2) is 38.0 Å². The summed E-state index contributed by atoms with van der Waals surface area (Å²) in [6, 6.07) is 7.96. The predicted molar refractivity (Wildman–Crippen MR) is 88.9 cm³/mol. The molecule has 1 amide bonds. The molecule has 3 nitrogen and oxygen atoms in total. The molecule has 3 heteroatoms. The van der Waals surface area contributed by atoms with E-state index >= 15 is 0 Å². The van der Waals surface area contributed by atoms with Gasteiger partial charge in [0, 0.05) is 38.4 Å². The summed E-state index contributed by atoms with van der Waals surface area (Å²) in [5.41, 5.74) is 1.95. The molecule has 1 aromatic rings. The van der Waals surface area contributed by atoms with Crippen LogP contribution in [0.1, 0.15) is 49.4 Å². The van der Waals surface area contributed by atoms with Crippen molar-refractivity contribution < 1.29 is 4.79 Å². The van der Waals surface area contributed by atoms with Gasteiger partial charge in [0.15, 0.2) is 0 Å². The molecule has 0 aromatic heterocycles. The van der Waals surface area contributed by atoms with E-state index in [1.54, 1.807) is 0 Å². The number of carbonyl (C=O) groups excluding carboxylic acids is 1. The molecule has 1 fully saturated rings. The van der Waals surface area contributed by atoms with Crippen LogP contribution in [0.15, 0.2) is 24.3 Å². The van der Waals surface area contributed by atoms with Crippen LogP contribution < -0.4 is 4.90 Å². The van der Waals surface area contributed by atoms with Crippen LogP contribution in [0.5, 0.6) is 0 Å². The van der Waals surface area contributed by atoms with Gasteiger partial charge in [0.1, 0.15) is 0 Å². The lowest BCUT2D eigenvalue weighted by Gasteiger charge is -2.27. The van der Waals surface area contributed by atoms with E-state index in [1.165, 1.54) is 32.1 Å². The van der Waals surface area contributed by atoms with Crippen LogP contribution in [0, 0.1) is 5.92 Å². The Morgan fingerprint density at radius 1 is 1.10 bits per heavy atom. The molecule has 1 saturated carbocycles. The summed E-state index contributed by atoms with van der Waals surface area (Å²) >= 11 is 0. The van der Waals surface area contributed by atoms with Crippen molar-refractivity contribution in [3.8, 4) is 0 Å². The first-order valence-electron chi connectivity index (χ1n) is 8.18. The van der Waals surface area contributed by atoms with Gasteiger partial charge >= 0.3 is 0 Å². The highest BCUT2D eigenvalue weighted by Crippen LogP contribution is 2.24. The molecule has 0 aliphatic heterocycles. The van der Waals surface area contributed by atoms with E-state index < -0.39 is 0 Å². The molecule has 0 radical (unpaired) electrons. The highest BCUT2D eigenvalue weighted by Gasteiger charge is 2.19. The monoisotopic (exact) mass is 288 g/mol. The first-order valence-corrected chi connectivity index (χ1v) is 8.18. The van der Waals surface area contributed by atoms with Crippen molar-refractivity contribution in [3.63, 3.8) is 0 Å². The Morgan fingerprint density at radius 3 is 2.29 bits per heavy atom. The Labute approximate surface area is 128 Å². The quantitative estimate of drug-likeness (QED) is 0.823. The van der Waals surface area contributed by atoms with Crippen LogP contribution >= 0.6 is 0 Å². The number of hydrogen-bond donors (Lipinski definition) is 0. The van der Waals surface area contributed by atoms with E-state index in [4.69, 9.17) is 0 Å². The summed E-state index contributed by atoms with van der Waals surface area (Å²) in [7, 11) is 4.00. The van der Waals surface area contributed by atoms with E-state index in [0.717, 1.165) is 24.3 Å². The zero-order valence-electron chi connectivity index (χ0n) is 13.6. The van der Waals surface area contributed by atoms with Gasteiger partial charge in [0.05, 0.1) is 0 Å². The Balaban J connectivity index is 1.95. The number of carbonyl (C=O) groups is 1. The average Bonchev–Trinajstić information content (AvgIpc) is 2.54. The molecule has 0 atom stereocenters. The summed E-state index contributed by atoms with van der Waals surface area (Å²) in [6.07, 6.45) is 6.56. The lowest BCUT2D eigenvalue weighted by atomic mass is 9.89. The number of amides is 1. The molecule has 21 heavy (non-hydrogen) atoms. The zero-order chi connectivity index (χ0) is 15.2. The third kappa shape index (κ3) is 4.23. The molecular weight excluding hydrogens is 260 g/mol. The lowest BCUT2D eigenvalue weighted by molar-refractivity contribution is 0.0760. The fourth-order valence-electron chi connectivity index (χ4n) is 3.10. The number of rotatable bonds is 5. The topological polar surface area (TPSA) is 23.6 Å². The lowest BCUT2D eigenvalue weighted by Crippen LogP contribution is -2.32. The maximum atomic E-state index is 12.5. The Kier molecular flexibility index (Phi) is 5.66. The molecule has 1 aliphatic carbocycles. The minimum absolute atomic E-state index is 0.145. The van der Waals surface area contributed by atoms with Gasteiger partial charge in [-0.3, -0.25) is 4.79 Å². The van der Waals surface area contributed by atoms with Crippen molar-refractivity contribution in [1.29, 1.82) is 0 Å². The third-order valence-electron chi connectivity index (χ3n) is 4.63. The van der Waals surface area contributed by atoms with Crippen molar-refractivity contribution in [2.24, 2.45) is 5.92 Å². The van der Waals surface area contributed by atoms with Crippen LogP contribution in [-0.2, 0) is 0 Å². The normalized spacial score (nSPS) is 15.8. The SMILES string of the molecule is CCN(C)c1ccc(C(=O)N(C)CC2CCCCC2)cc1. The summed E-state index contributed by atoms with van der Waals surface area (Å²) in [5.74, 6) is 0.837. The molecule has 0 spiro atoms. The van der Waals surface area contributed by atoms with Gasteiger partial charge in [-0.25, -0.2) is 0 Å². The molecule has 0 N–H and O–H groups in total. The molecule has 0 unspecified atom stereocenters. The largest absolute Gasteiger partial charge is 0.375 e. The number of nitrogens with zero attached hydrogens (tertiary/aromatic N) is 2. The van der Waals surface area contributed by atoms with E-state index in [2.05, 4.69) is 18.9 Å². The van der Waals surface area contributed by atoms with Crippen molar-refractivity contribution in [1.82, 2.24) is 4.90 Å². The van der Waals surface area contributed by atoms with E-state index in [-0.39, 0.29) is 5.91 Å². The first kappa shape index (κ1) is 15.9. The van der Waals surface area contributed by atoms with Gasteiger partial charge in [-0.15, -0.1) is 0 Å². The second-order valence-corrected chi connectivity index (χ2v) is 6.25. The second kappa shape index (κ2) is 7.48. The van der Waals surface area contributed by atoms with Gasteiger partial charge in [0.25, 0.3) is 5.91 Å². The average molecular weight is 288 g/mol. The first-order chi connectivity index (χ1) is 10.1. The van der Waals surface area contributed by atoms with Crippen molar-refractivity contribution >= 4 is 11.6 Å². The standard InChI is InChI=1S/C18H28N2O/c1-4-19(2)17-12-10-16(11-13-17)18(21)20(3)14-15-8-6-5-7-9-15/h10-13,15H,4-9,14H2,1-3H3. The Hall–Kier alpha value is -1.51. The van der Waals surface area contributed by atoms with E-state index in [9.17, 15) is 4.79 Å². The molecule has 0 bridgehead atoms. The molecule has 1 aliphatic rings. The van der Waals surface area contributed by atoms with Crippen LogP contribution in [0.4, 0.5) is 5.69 Å². The summed E-state index contributed by atoms with van der Waals surface area (Å²) < 4.78 is 0. The van der Waals surface area contributed by atoms with Crippen molar-refractivity contribution in [2.75, 3.05) is 32.1 Å². The molecular formula is C18H28N2O. The van der Waals surface area contributed by atoms with Gasteiger partial charge in [-0.2, -0.15) is 0 Å². The maximum absolute atomic E-state index is 12.5. The molecule has 116 valence electrons. The fraction of sp³-hybridized carbons (Fsp3) is 0.611. The smallest absolute Gasteiger partial charge is 0.253 e. The van der Waals surface area contributed by atoms with Gasteiger partial charge in [0.2, 0.25) is 0 Å². The maximum Gasteiger partial charge on any atom is 0.253 e. The molecule has 0 saturated heterocycles. The van der Waals surface area contributed by atoms with Crippen LogP contribution in [0.3, 0.4) is 0 Å². The van der Waals surface area contributed by atoms with Crippen molar-refractivity contribution in [3.05, 3.63) is 29.8 Å². The number of anilines is 1. The summed E-state index contributed by atoms with van der Waals surface area (Å²) in [4.78, 5) is 16.5. The zero-order valence-corrected chi connectivity index (χ0v) is 13.6. The Morgan fingerprint density at radius 2 is 1.71 bits per heavy atom. The summed E-state index contributed by atoms with van der Waals surface area (Å²) in [6.45, 7) is 3.99. The van der Waals surface area contributed by atoms with Crippen LogP contribution in [0.2, 0.25) is 0 Å². The predicted octanol–water partition coefficient (Wildman–Crippen LogP) is 3.80. The highest BCUT2D eigenvalue weighted by molar-refractivity contribution is 5.94. The van der Waals surface area contributed by atoms with Crippen molar-refractivity contribution in [2.45, 2.75) is 39.0 Å². The molecule has 0 heterocycles. The van der Waals surface area contributed by atoms with Gasteiger partial charge in [-0.05, 0) is 49.9 Å². The van der Waals surface area contributed by atoms with Crippen LogP contribution in [0.25, 0.3) is 0 Å². The third-order valence-corrected chi connectivity index (χ3v) is 4.63. The Bertz CT molecular complexity index is 449. The minimum atomic E-state index is 0.145. The minimum Gasteiger partial charge on any atom is -0.375 e.